The summed E-state index contributed by atoms with van der Waals surface area (Å²) in [6.07, 6.45) is 1.73. The van der Waals surface area contributed by atoms with E-state index in [1.54, 1.807) is 28.8 Å². The third-order valence-corrected chi connectivity index (χ3v) is 3.50. The maximum Gasteiger partial charge on any atom is 0.346 e. The molecule has 0 atom stereocenters. The Hall–Kier alpha value is -1.59. The van der Waals surface area contributed by atoms with E-state index in [4.69, 9.17) is 16.7 Å². The van der Waals surface area contributed by atoms with Crippen LogP contribution in [0.15, 0.2) is 24.4 Å². The van der Waals surface area contributed by atoms with Crippen molar-refractivity contribution in [1.82, 2.24) is 9.38 Å². The van der Waals surface area contributed by atoms with Gasteiger partial charge in [-0.1, -0.05) is 11.6 Å². The van der Waals surface area contributed by atoms with Gasteiger partial charge in [0.05, 0.1) is 10.5 Å². The minimum absolute atomic E-state index is 0.284. The standard InChI is InChI=1S/C10H5ClN2O2S/c11-5-1-2-8-12-9-6(13(8)4-5)3-7(16-9)10(14)15/h1-4H,(H,14,15). The van der Waals surface area contributed by atoms with Gasteiger partial charge in [-0.3, -0.25) is 4.40 Å². The molecule has 3 aromatic rings. The number of rotatable bonds is 1. The van der Waals surface area contributed by atoms with Gasteiger partial charge in [-0.05, 0) is 18.2 Å². The van der Waals surface area contributed by atoms with Crippen LogP contribution in [-0.4, -0.2) is 20.5 Å². The molecular weight excluding hydrogens is 248 g/mol. The fraction of sp³-hybridized carbons (Fsp3) is 0. The van der Waals surface area contributed by atoms with E-state index in [2.05, 4.69) is 4.98 Å². The Morgan fingerprint density at radius 3 is 3.06 bits per heavy atom. The summed E-state index contributed by atoms with van der Waals surface area (Å²) in [5.41, 5.74) is 1.54. The lowest BCUT2D eigenvalue weighted by atomic mass is 10.4. The molecule has 0 bridgehead atoms. The molecule has 16 heavy (non-hydrogen) atoms. The van der Waals surface area contributed by atoms with Crippen LogP contribution in [-0.2, 0) is 0 Å². The normalized spacial score (nSPS) is 11.3. The first-order valence-electron chi connectivity index (χ1n) is 4.45. The van der Waals surface area contributed by atoms with Gasteiger partial charge in [0.25, 0.3) is 0 Å². The zero-order chi connectivity index (χ0) is 11.3. The molecule has 3 rings (SSSR count). The van der Waals surface area contributed by atoms with Gasteiger partial charge in [0, 0.05) is 6.20 Å². The van der Waals surface area contributed by atoms with Crippen LogP contribution in [0.1, 0.15) is 9.67 Å². The molecule has 0 unspecified atom stereocenters. The van der Waals surface area contributed by atoms with Gasteiger partial charge in [0.2, 0.25) is 0 Å². The fourth-order valence-electron chi connectivity index (χ4n) is 1.58. The number of aromatic carboxylic acids is 1. The van der Waals surface area contributed by atoms with Crippen LogP contribution in [0.5, 0.6) is 0 Å². The second-order valence-corrected chi connectivity index (χ2v) is 4.76. The number of nitrogens with zero attached hydrogens (tertiary/aromatic N) is 2. The van der Waals surface area contributed by atoms with Gasteiger partial charge >= 0.3 is 5.97 Å². The van der Waals surface area contributed by atoms with Crippen molar-refractivity contribution in [2.45, 2.75) is 0 Å². The van der Waals surface area contributed by atoms with Gasteiger partial charge in [0.15, 0.2) is 0 Å². The maximum absolute atomic E-state index is 10.8. The highest BCUT2D eigenvalue weighted by Crippen LogP contribution is 2.27. The Kier molecular flexibility index (Phi) is 1.92. The number of halogens is 1. The van der Waals surface area contributed by atoms with Crippen molar-refractivity contribution in [2.24, 2.45) is 0 Å². The Balaban J connectivity index is 2.40. The van der Waals surface area contributed by atoms with Crippen LogP contribution < -0.4 is 0 Å². The van der Waals surface area contributed by atoms with Gasteiger partial charge in [-0.15, -0.1) is 11.3 Å². The van der Waals surface area contributed by atoms with Gasteiger partial charge in [-0.25, -0.2) is 9.78 Å². The monoisotopic (exact) mass is 252 g/mol. The van der Waals surface area contributed by atoms with Crippen molar-refractivity contribution in [3.05, 3.63) is 34.3 Å². The highest BCUT2D eigenvalue weighted by Gasteiger charge is 2.13. The molecule has 4 nitrogen and oxygen atoms in total. The summed E-state index contributed by atoms with van der Waals surface area (Å²) in [4.78, 5) is 16.1. The number of pyridine rings is 1. The molecule has 0 aliphatic carbocycles. The SMILES string of the molecule is O=C(O)c1cc2c(nc3ccc(Cl)cn32)s1. The molecule has 0 spiro atoms. The average molecular weight is 253 g/mol. The topological polar surface area (TPSA) is 54.6 Å². The van der Waals surface area contributed by atoms with Crippen molar-refractivity contribution in [3.8, 4) is 0 Å². The van der Waals surface area contributed by atoms with E-state index < -0.39 is 5.97 Å². The molecule has 80 valence electrons. The van der Waals surface area contributed by atoms with E-state index in [0.717, 1.165) is 22.5 Å². The number of thiophene rings is 1. The van der Waals surface area contributed by atoms with Crippen molar-refractivity contribution >= 4 is 44.9 Å². The molecule has 0 aliphatic heterocycles. The molecule has 3 aromatic heterocycles. The van der Waals surface area contributed by atoms with Gasteiger partial charge in [0.1, 0.15) is 15.4 Å². The summed E-state index contributed by atoms with van der Waals surface area (Å²) in [5, 5.41) is 9.47. The average Bonchev–Trinajstić information content (AvgIpc) is 2.75. The molecule has 0 aliphatic rings. The Morgan fingerprint density at radius 2 is 2.31 bits per heavy atom. The summed E-state index contributed by atoms with van der Waals surface area (Å²) in [5.74, 6) is -0.932. The first kappa shape index (κ1) is 9.62. The van der Waals surface area contributed by atoms with Crippen LogP contribution in [0.2, 0.25) is 5.02 Å². The van der Waals surface area contributed by atoms with Crippen LogP contribution in [0.25, 0.3) is 16.0 Å². The number of carbonyl (C=O) groups is 1. The smallest absolute Gasteiger partial charge is 0.346 e. The summed E-state index contributed by atoms with van der Waals surface area (Å²) >= 11 is 7.05. The Morgan fingerprint density at radius 1 is 1.50 bits per heavy atom. The number of hydrogen-bond donors (Lipinski definition) is 1. The van der Waals surface area contributed by atoms with Crippen LogP contribution in [0.3, 0.4) is 0 Å². The molecule has 6 heteroatoms. The molecule has 0 saturated carbocycles. The summed E-state index contributed by atoms with van der Waals surface area (Å²) in [6.45, 7) is 0. The highest BCUT2D eigenvalue weighted by atomic mass is 35.5. The minimum Gasteiger partial charge on any atom is -0.477 e. The first-order valence-corrected chi connectivity index (χ1v) is 5.65. The zero-order valence-electron chi connectivity index (χ0n) is 7.85. The van der Waals surface area contributed by atoms with Crippen molar-refractivity contribution in [2.75, 3.05) is 0 Å². The van der Waals surface area contributed by atoms with E-state index in [0.29, 0.717) is 9.85 Å². The predicted molar refractivity (Wildman–Crippen MR) is 62.5 cm³/mol. The third kappa shape index (κ3) is 1.29. The number of hydrogen-bond acceptors (Lipinski definition) is 3. The van der Waals surface area contributed by atoms with Crippen molar-refractivity contribution < 1.29 is 9.90 Å². The second-order valence-electron chi connectivity index (χ2n) is 3.29. The summed E-state index contributed by atoms with van der Waals surface area (Å²) in [6, 6.07) is 5.17. The summed E-state index contributed by atoms with van der Waals surface area (Å²) in [7, 11) is 0. The fourth-order valence-corrected chi connectivity index (χ4v) is 2.61. The van der Waals surface area contributed by atoms with E-state index in [-0.39, 0.29) is 4.88 Å². The lowest BCUT2D eigenvalue weighted by molar-refractivity contribution is 0.0702. The van der Waals surface area contributed by atoms with Crippen molar-refractivity contribution in [3.63, 3.8) is 0 Å². The lowest BCUT2D eigenvalue weighted by Gasteiger charge is -1.94. The summed E-state index contributed by atoms with van der Waals surface area (Å²) < 4.78 is 1.79. The van der Waals surface area contributed by atoms with Crippen LogP contribution in [0, 0.1) is 0 Å². The molecule has 0 fully saturated rings. The maximum atomic E-state index is 10.8. The van der Waals surface area contributed by atoms with E-state index in [1.165, 1.54) is 0 Å². The van der Waals surface area contributed by atoms with Gasteiger partial charge < -0.3 is 5.11 Å². The first-order chi connectivity index (χ1) is 7.65. The molecule has 0 radical (unpaired) electrons. The molecule has 0 amide bonds. The quantitative estimate of drug-likeness (QED) is 0.725. The zero-order valence-corrected chi connectivity index (χ0v) is 9.42. The van der Waals surface area contributed by atoms with E-state index in [1.807, 2.05) is 0 Å². The minimum atomic E-state index is -0.932. The molecular formula is C10H5ClN2O2S. The Labute approximate surface area is 98.7 Å². The third-order valence-electron chi connectivity index (χ3n) is 2.27. The Bertz CT molecular complexity index is 716. The largest absolute Gasteiger partial charge is 0.477 e. The van der Waals surface area contributed by atoms with E-state index in [9.17, 15) is 4.79 Å². The second kappa shape index (κ2) is 3.20. The van der Waals surface area contributed by atoms with E-state index >= 15 is 0 Å². The number of imidazole rings is 1. The highest BCUT2D eigenvalue weighted by molar-refractivity contribution is 7.20. The number of carboxylic acids is 1. The predicted octanol–water partition coefficient (Wildman–Crippen LogP) is 2.90. The van der Waals surface area contributed by atoms with Crippen LogP contribution >= 0.6 is 22.9 Å². The number of fused-ring (bicyclic) bond motifs is 3. The van der Waals surface area contributed by atoms with Crippen molar-refractivity contribution in [1.29, 1.82) is 0 Å². The molecule has 0 saturated heterocycles. The van der Waals surface area contributed by atoms with Crippen LogP contribution in [0.4, 0.5) is 0 Å². The molecule has 1 N–H and O–H groups in total. The molecule has 3 heterocycles. The number of aromatic nitrogens is 2. The lowest BCUT2D eigenvalue weighted by Crippen LogP contribution is -1.90. The number of carboxylic acid groups (broad SMARTS) is 1. The molecule has 0 aromatic carbocycles. The van der Waals surface area contributed by atoms with Gasteiger partial charge in [-0.2, -0.15) is 0 Å².